The molecule has 5 heteroatoms. The van der Waals surface area contributed by atoms with E-state index in [4.69, 9.17) is 9.47 Å². The molecule has 1 unspecified atom stereocenters. The lowest BCUT2D eigenvalue weighted by Gasteiger charge is -2.35. The summed E-state index contributed by atoms with van der Waals surface area (Å²) in [6.45, 7) is 12.0. The van der Waals surface area contributed by atoms with Crippen LogP contribution < -0.4 is 5.32 Å². The molecule has 25 heavy (non-hydrogen) atoms. The van der Waals surface area contributed by atoms with Crippen LogP contribution >= 0.6 is 0 Å². The largest absolute Gasteiger partial charge is 0.381 e. The Morgan fingerprint density at radius 2 is 1.80 bits per heavy atom. The first-order chi connectivity index (χ1) is 12.2. The van der Waals surface area contributed by atoms with Crippen molar-refractivity contribution < 1.29 is 14.3 Å². The molecule has 0 aromatic carbocycles. The lowest BCUT2D eigenvalue weighted by atomic mass is 10.1. The molecule has 1 saturated heterocycles. The molecule has 148 valence electrons. The van der Waals surface area contributed by atoms with Crippen molar-refractivity contribution in [1.82, 2.24) is 10.2 Å². The molecule has 1 atom stereocenters. The van der Waals surface area contributed by atoms with Gasteiger partial charge < -0.3 is 19.7 Å². The number of ether oxygens (including phenoxy) is 2. The second-order valence-corrected chi connectivity index (χ2v) is 7.14. The van der Waals surface area contributed by atoms with Crippen LogP contribution in [0.2, 0.25) is 0 Å². The molecular formula is C20H40N2O3. The van der Waals surface area contributed by atoms with Gasteiger partial charge in [0.15, 0.2) is 0 Å². The smallest absolute Gasteiger partial charge is 0.219 e. The van der Waals surface area contributed by atoms with Gasteiger partial charge in [-0.1, -0.05) is 13.8 Å². The van der Waals surface area contributed by atoms with E-state index in [0.717, 1.165) is 52.0 Å². The predicted octanol–water partition coefficient (Wildman–Crippen LogP) is 3.37. The van der Waals surface area contributed by atoms with E-state index in [0.29, 0.717) is 18.6 Å². The van der Waals surface area contributed by atoms with Crippen LogP contribution in [0.15, 0.2) is 0 Å². The Morgan fingerprint density at radius 3 is 2.48 bits per heavy atom. The van der Waals surface area contributed by atoms with Crippen molar-refractivity contribution in [2.24, 2.45) is 0 Å². The topological polar surface area (TPSA) is 50.8 Å². The number of amides is 1. The lowest BCUT2D eigenvalue weighted by molar-refractivity contribution is -0.121. The molecule has 1 heterocycles. The Labute approximate surface area is 154 Å². The minimum Gasteiger partial charge on any atom is -0.381 e. The number of unbranched alkanes of at least 4 members (excludes halogenated alkanes) is 1. The molecule has 5 nitrogen and oxygen atoms in total. The van der Waals surface area contributed by atoms with Crippen LogP contribution in [0.4, 0.5) is 0 Å². The normalized spacial score (nSPS) is 17.6. The molecule has 0 aliphatic carbocycles. The first-order valence-corrected chi connectivity index (χ1v) is 10.4. The Balaban J connectivity index is 1.84. The molecule has 1 aliphatic rings. The zero-order valence-corrected chi connectivity index (χ0v) is 16.7. The summed E-state index contributed by atoms with van der Waals surface area (Å²) < 4.78 is 11.6. The maximum Gasteiger partial charge on any atom is 0.219 e. The lowest BCUT2D eigenvalue weighted by Crippen LogP contribution is -2.41. The zero-order chi connectivity index (χ0) is 18.3. The highest BCUT2D eigenvalue weighted by molar-refractivity contribution is 5.75. The molecule has 0 radical (unpaired) electrons. The summed E-state index contributed by atoms with van der Waals surface area (Å²) in [7, 11) is 0. The average Bonchev–Trinajstić information content (AvgIpc) is 2.63. The van der Waals surface area contributed by atoms with E-state index < -0.39 is 0 Å². The van der Waals surface area contributed by atoms with E-state index in [9.17, 15) is 4.79 Å². The molecule has 1 fully saturated rings. The van der Waals surface area contributed by atoms with Gasteiger partial charge in [0.2, 0.25) is 5.91 Å². The minimum atomic E-state index is 0.148. The van der Waals surface area contributed by atoms with Crippen molar-refractivity contribution in [2.75, 3.05) is 39.5 Å². The number of carbonyl (C=O) groups excluding carboxylic acids is 1. The van der Waals surface area contributed by atoms with Gasteiger partial charge in [0, 0.05) is 51.9 Å². The van der Waals surface area contributed by atoms with Crippen molar-refractivity contribution in [2.45, 2.75) is 84.3 Å². The van der Waals surface area contributed by atoms with Crippen molar-refractivity contribution in [3.8, 4) is 0 Å². The van der Waals surface area contributed by atoms with Gasteiger partial charge in [-0.25, -0.2) is 0 Å². The molecule has 0 aromatic heterocycles. The minimum absolute atomic E-state index is 0.148. The summed E-state index contributed by atoms with van der Waals surface area (Å²) in [5.41, 5.74) is 0. The molecular weight excluding hydrogens is 316 g/mol. The van der Waals surface area contributed by atoms with Crippen LogP contribution in [0.1, 0.15) is 72.1 Å². The Bertz CT molecular complexity index is 331. The number of likely N-dealkylation sites (tertiary alicyclic amines) is 1. The van der Waals surface area contributed by atoms with Gasteiger partial charge >= 0.3 is 0 Å². The van der Waals surface area contributed by atoms with Crippen LogP contribution in [0.3, 0.4) is 0 Å². The number of hydrogen-bond acceptors (Lipinski definition) is 4. The third kappa shape index (κ3) is 10.8. The maximum absolute atomic E-state index is 11.3. The summed E-state index contributed by atoms with van der Waals surface area (Å²) in [4.78, 5) is 13.9. The SMILES string of the molecule is CCCC(=O)NCCCOCCCCOC1CCN(C(C)CC)CC1. The quantitative estimate of drug-likeness (QED) is 0.485. The molecule has 1 amide bonds. The zero-order valence-electron chi connectivity index (χ0n) is 16.7. The number of nitrogens with zero attached hydrogens (tertiary/aromatic N) is 1. The van der Waals surface area contributed by atoms with Gasteiger partial charge in [0.25, 0.3) is 0 Å². The molecule has 0 saturated carbocycles. The summed E-state index contributed by atoms with van der Waals surface area (Å²) in [5, 5.41) is 2.90. The number of nitrogens with one attached hydrogen (secondary N) is 1. The molecule has 1 N–H and O–H groups in total. The summed E-state index contributed by atoms with van der Waals surface area (Å²) >= 11 is 0. The molecule has 0 bridgehead atoms. The third-order valence-electron chi connectivity index (χ3n) is 4.99. The van der Waals surface area contributed by atoms with Gasteiger partial charge in [-0.05, 0) is 51.9 Å². The fourth-order valence-electron chi connectivity index (χ4n) is 3.12. The van der Waals surface area contributed by atoms with E-state index in [1.54, 1.807) is 0 Å². The predicted molar refractivity (Wildman–Crippen MR) is 103 cm³/mol. The van der Waals surface area contributed by atoms with E-state index >= 15 is 0 Å². The Morgan fingerprint density at radius 1 is 1.12 bits per heavy atom. The van der Waals surface area contributed by atoms with Crippen LogP contribution in [0.5, 0.6) is 0 Å². The van der Waals surface area contributed by atoms with Crippen LogP contribution in [-0.2, 0) is 14.3 Å². The summed E-state index contributed by atoms with van der Waals surface area (Å²) in [5.74, 6) is 0.148. The van der Waals surface area contributed by atoms with Crippen molar-refractivity contribution in [3.63, 3.8) is 0 Å². The number of hydrogen-bond donors (Lipinski definition) is 1. The van der Waals surface area contributed by atoms with E-state index in [-0.39, 0.29) is 5.91 Å². The third-order valence-corrected chi connectivity index (χ3v) is 4.99. The first-order valence-electron chi connectivity index (χ1n) is 10.4. The fourth-order valence-corrected chi connectivity index (χ4v) is 3.12. The van der Waals surface area contributed by atoms with Gasteiger partial charge in [-0.15, -0.1) is 0 Å². The first kappa shape index (κ1) is 22.4. The van der Waals surface area contributed by atoms with Crippen LogP contribution in [0.25, 0.3) is 0 Å². The van der Waals surface area contributed by atoms with E-state index in [2.05, 4.69) is 24.1 Å². The van der Waals surface area contributed by atoms with Gasteiger partial charge in [0.1, 0.15) is 0 Å². The highest BCUT2D eigenvalue weighted by Gasteiger charge is 2.21. The maximum atomic E-state index is 11.3. The Kier molecular flexibility index (Phi) is 13.0. The molecule has 1 aliphatic heterocycles. The van der Waals surface area contributed by atoms with Crippen molar-refractivity contribution >= 4 is 5.91 Å². The van der Waals surface area contributed by atoms with Gasteiger partial charge in [-0.3, -0.25) is 4.79 Å². The van der Waals surface area contributed by atoms with Crippen LogP contribution in [-0.4, -0.2) is 62.4 Å². The molecule has 1 rings (SSSR count). The standard InChI is InChI=1S/C20H40N2O3/c1-4-9-20(23)21-12-8-16-24-15-6-7-17-25-19-10-13-22(14-11-19)18(3)5-2/h18-19H,4-17H2,1-3H3,(H,21,23). The Hall–Kier alpha value is -0.650. The number of carbonyl (C=O) groups is 1. The second-order valence-electron chi connectivity index (χ2n) is 7.14. The number of rotatable bonds is 14. The van der Waals surface area contributed by atoms with E-state index in [1.807, 2.05) is 6.92 Å². The van der Waals surface area contributed by atoms with Gasteiger partial charge in [0.05, 0.1) is 6.10 Å². The highest BCUT2D eigenvalue weighted by atomic mass is 16.5. The van der Waals surface area contributed by atoms with E-state index in [1.165, 1.54) is 32.4 Å². The number of piperidine rings is 1. The summed E-state index contributed by atoms with van der Waals surface area (Å²) in [6, 6.07) is 0.707. The average molecular weight is 357 g/mol. The fraction of sp³-hybridized carbons (Fsp3) is 0.950. The van der Waals surface area contributed by atoms with Crippen LogP contribution in [0, 0.1) is 0 Å². The second kappa shape index (κ2) is 14.5. The summed E-state index contributed by atoms with van der Waals surface area (Å²) in [6.07, 6.45) is 8.56. The van der Waals surface area contributed by atoms with Crippen molar-refractivity contribution in [1.29, 1.82) is 0 Å². The van der Waals surface area contributed by atoms with Crippen molar-refractivity contribution in [3.05, 3.63) is 0 Å². The molecule has 0 aromatic rings. The van der Waals surface area contributed by atoms with Gasteiger partial charge in [-0.2, -0.15) is 0 Å². The highest BCUT2D eigenvalue weighted by Crippen LogP contribution is 2.17. The monoisotopic (exact) mass is 356 g/mol. The molecule has 0 spiro atoms.